The minimum absolute atomic E-state index is 0.00368. The molecule has 4 aliphatic carbocycles. The zero-order valence-electron chi connectivity index (χ0n) is 78.0. The maximum absolute atomic E-state index is 16.6. The summed E-state index contributed by atoms with van der Waals surface area (Å²) in [4.78, 5) is 48.3. The maximum atomic E-state index is 16.6. The highest BCUT2D eigenvalue weighted by Crippen LogP contribution is 2.49. The van der Waals surface area contributed by atoms with E-state index >= 15 is 4.39 Å². The first kappa shape index (κ1) is 102. The summed E-state index contributed by atoms with van der Waals surface area (Å²) in [5.41, 5.74) is 15.8. The molecular formula is C110H151FO16. The molecule has 10 rings (SSSR count). The number of benzene rings is 6. The second kappa shape index (κ2) is 54.6. The van der Waals surface area contributed by atoms with Crippen LogP contribution in [0.4, 0.5) is 4.39 Å². The van der Waals surface area contributed by atoms with Crippen molar-refractivity contribution in [1.29, 1.82) is 0 Å². The van der Waals surface area contributed by atoms with E-state index in [0.717, 1.165) is 147 Å². The lowest BCUT2D eigenvalue weighted by Crippen LogP contribution is -2.25. The Bertz CT molecular complexity index is 4480. The molecule has 6 aromatic rings. The molecule has 16 nitrogen and oxygen atoms in total. The van der Waals surface area contributed by atoms with Crippen LogP contribution in [0, 0.1) is 48.2 Å². The topological polar surface area (TPSA) is 223 Å². The maximum Gasteiger partial charge on any atom is 0.333 e. The van der Waals surface area contributed by atoms with Gasteiger partial charge in [-0.15, -0.1) is 0 Å². The van der Waals surface area contributed by atoms with Crippen LogP contribution in [0.3, 0.4) is 0 Å². The molecule has 6 aromatic carbocycles. The SMILES string of the molecule is C=C(C)C(=O)OCCOc1ccc(-c2cc(-c3ccc(C4CCC(C5CCC(CCCC)CC5)CC4)cc3C)cc(OCCOC(=O)C(=C)C)c2CCCCCO)cc1CCCO.C=C(C)C(=O)OCCOc1ccc(-c2cc(-c3ccc(C4CCC(C5CCC(CCCCC)CC5)CC4)cc3F)cc(OCCOC(=O)C(=C)C)c2CCCCCO)cc1CCCO. The minimum atomic E-state index is -0.495. The lowest BCUT2D eigenvalue weighted by Gasteiger charge is -2.38. The predicted molar refractivity (Wildman–Crippen MR) is 508 cm³/mol. The second-order valence-corrected chi connectivity index (χ2v) is 36.7. The number of unbranched alkanes of at least 4 members (excludes halogenated alkanes) is 7. The van der Waals surface area contributed by atoms with Gasteiger partial charge < -0.3 is 58.3 Å². The molecular weight excluding hydrogens is 1600 g/mol. The van der Waals surface area contributed by atoms with Crippen molar-refractivity contribution in [3.8, 4) is 67.5 Å². The molecule has 694 valence electrons. The summed E-state index contributed by atoms with van der Waals surface area (Å²) in [6, 6.07) is 33.1. The van der Waals surface area contributed by atoms with Crippen LogP contribution in [-0.2, 0) is 63.8 Å². The van der Waals surface area contributed by atoms with Gasteiger partial charge in [0.1, 0.15) is 81.7 Å². The zero-order chi connectivity index (χ0) is 91.0. The molecule has 127 heavy (non-hydrogen) atoms. The smallest absolute Gasteiger partial charge is 0.333 e. The van der Waals surface area contributed by atoms with Gasteiger partial charge in [0.2, 0.25) is 0 Å². The number of carbonyl (C=O) groups is 4. The number of rotatable bonds is 51. The summed E-state index contributed by atoms with van der Waals surface area (Å²) < 4.78 is 63.1. The predicted octanol–water partition coefficient (Wildman–Crippen LogP) is 24.7. The number of ether oxygens (including phenoxy) is 8. The van der Waals surface area contributed by atoms with E-state index in [2.05, 4.69) is 95.6 Å². The van der Waals surface area contributed by atoms with Gasteiger partial charge in [0.15, 0.2) is 0 Å². The standard InChI is InChI=1S/C55H75FO8.C55H76O8/c1-6-7-9-13-40-16-18-41(19-17-40)42-20-22-43(23-21-42)44-24-26-48(51(56)36-44)47-35-50(49(15-10-8-11-28-57)53(37-47)62-31-33-64-55(60)39(4)5)45-25-27-52(46(34-45)14-12-29-58)61-30-32-63-54(59)38(2)3;1-7-8-13-41-16-18-42(19-17-41)43-20-22-44(23-21-43)45-24-26-49(40(6)34-45)48-36-51(50(15-10-9-11-28-56)53(37-48)61-31-33-63-55(59)39(4)5)46-25-27-52(47(35-46)14-12-29-57)60-30-32-62-54(58)38(2)3/h24-27,34-37,40-43,57-58H,2,4,6-23,28-33H2,1,3,5H3;24-27,34-37,41-44,56-57H,2,4,7-23,28-33H2,1,3,5-6H3. The normalized spacial score (nSPS) is 18.6. The lowest BCUT2D eigenvalue weighted by molar-refractivity contribution is -0.140. The molecule has 0 aliphatic heterocycles. The van der Waals surface area contributed by atoms with Gasteiger partial charge in [-0.05, 0) is 345 Å². The van der Waals surface area contributed by atoms with E-state index in [1.807, 2.05) is 42.5 Å². The molecule has 4 N–H and O–H groups in total. The zero-order valence-corrected chi connectivity index (χ0v) is 78.0. The molecule has 0 amide bonds. The molecule has 4 fully saturated rings. The minimum Gasteiger partial charge on any atom is -0.490 e. The monoisotopic (exact) mass is 1750 g/mol. The number of hydrogen-bond donors (Lipinski definition) is 4. The molecule has 0 unspecified atom stereocenters. The van der Waals surface area contributed by atoms with Gasteiger partial charge in [-0.2, -0.15) is 0 Å². The van der Waals surface area contributed by atoms with Crippen LogP contribution in [0.5, 0.6) is 23.0 Å². The number of esters is 4. The Kier molecular flexibility index (Phi) is 43.8. The average molecular weight is 1750 g/mol. The van der Waals surface area contributed by atoms with Crippen LogP contribution in [0.1, 0.15) is 291 Å². The highest BCUT2D eigenvalue weighted by Gasteiger charge is 2.34. The second-order valence-electron chi connectivity index (χ2n) is 36.7. The van der Waals surface area contributed by atoms with Crippen LogP contribution in [-0.4, -0.2) is 124 Å². The van der Waals surface area contributed by atoms with E-state index in [0.29, 0.717) is 107 Å². The Morgan fingerprint density at radius 1 is 0.339 bits per heavy atom. The fraction of sp³-hybridized carbons (Fsp3) is 0.564. The first-order valence-corrected chi connectivity index (χ1v) is 48.3. The Labute approximate surface area is 759 Å². The molecule has 0 aromatic heterocycles. The van der Waals surface area contributed by atoms with Gasteiger partial charge in [-0.3, -0.25) is 0 Å². The van der Waals surface area contributed by atoms with Gasteiger partial charge in [-0.1, -0.05) is 166 Å². The quantitative estimate of drug-likeness (QED) is 0.0121. The van der Waals surface area contributed by atoms with Gasteiger partial charge in [0.25, 0.3) is 0 Å². The molecule has 17 heteroatoms. The van der Waals surface area contributed by atoms with Crippen molar-refractivity contribution in [3.05, 3.63) is 190 Å². The number of aliphatic hydroxyl groups is 4. The van der Waals surface area contributed by atoms with Crippen molar-refractivity contribution >= 4 is 23.9 Å². The fourth-order valence-corrected chi connectivity index (χ4v) is 19.6. The lowest BCUT2D eigenvalue weighted by atomic mass is 9.68. The molecule has 0 saturated heterocycles. The summed E-state index contributed by atoms with van der Waals surface area (Å²) in [6.07, 6.45) is 38.9. The van der Waals surface area contributed by atoms with E-state index in [-0.39, 0.29) is 85.1 Å². The average Bonchev–Trinajstić information content (AvgIpc) is 0.777. The number of hydrogen-bond acceptors (Lipinski definition) is 16. The van der Waals surface area contributed by atoms with Crippen molar-refractivity contribution < 1.29 is 81.9 Å². The third kappa shape index (κ3) is 32.0. The van der Waals surface area contributed by atoms with Crippen LogP contribution in [0.15, 0.2) is 146 Å². The Morgan fingerprint density at radius 3 is 1.06 bits per heavy atom. The van der Waals surface area contributed by atoms with Crippen molar-refractivity contribution in [3.63, 3.8) is 0 Å². The van der Waals surface area contributed by atoms with Gasteiger partial charge in [-0.25, -0.2) is 23.6 Å². The van der Waals surface area contributed by atoms with Crippen molar-refractivity contribution in [2.45, 2.75) is 285 Å². The van der Waals surface area contributed by atoms with E-state index < -0.39 is 23.9 Å². The third-order valence-corrected chi connectivity index (χ3v) is 26.9. The Morgan fingerprint density at radius 2 is 0.693 bits per heavy atom. The Hall–Kier alpha value is -8.87. The highest BCUT2D eigenvalue weighted by molar-refractivity contribution is 5.89. The van der Waals surface area contributed by atoms with Crippen LogP contribution < -0.4 is 18.9 Å². The number of halogens is 1. The highest BCUT2D eigenvalue weighted by atomic mass is 19.1. The van der Waals surface area contributed by atoms with Gasteiger partial charge in [0.05, 0.1) is 0 Å². The number of aliphatic hydroxyl groups excluding tert-OH is 4. The fourth-order valence-electron chi connectivity index (χ4n) is 19.6. The van der Waals surface area contributed by atoms with Gasteiger partial charge >= 0.3 is 23.9 Å². The first-order valence-electron chi connectivity index (χ1n) is 48.3. The largest absolute Gasteiger partial charge is 0.490 e. The molecule has 0 heterocycles. The summed E-state index contributed by atoms with van der Waals surface area (Å²) in [5.74, 6) is 6.68. The molecule has 0 radical (unpaired) electrons. The summed E-state index contributed by atoms with van der Waals surface area (Å²) in [6.45, 7) is 29.0. The number of carbonyl (C=O) groups excluding carboxylic acids is 4. The first-order chi connectivity index (χ1) is 61.5. The van der Waals surface area contributed by atoms with Crippen LogP contribution in [0.25, 0.3) is 44.5 Å². The molecule has 4 saturated carbocycles. The molecule has 0 bridgehead atoms. The van der Waals surface area contributed by atoms with E-state index in [9.17, 15) is 39.6 Å². The molecule has 0 atom stereocenters. The molecule has 0 spiro atoms. The summed E-state index contributed by atoms with van der Waals surface area (Å²) in [7, 11) is 0. The van der Waals surface area contributed by atoms with Crippen molar-refractivity contribution in [2.75, 3.05) is 79.3 Å². The van der Waals surface area contributed by atoms with E-state index in [1.54, 1.807) is 33.8 Å². The Balaban J connectivity index is 0.000000287. The summed E-state index contributed by atoms with van der Waals surface area (Å²) in [5, 5.41) is 38.8. The van der Waals surface area contributed by atoms with Crippen LogP contribution in [0.2, 0.25) is 0 Å². The number of aryl methyl sites for hydroxylation is 3. The van der Waals surface area contributed by atoms with Crippen molar-refractivity contribution in [1.82, 2.24) is 0 Å². The summed E-state index contributed by atoms with van der Waals surface area (Å²) >= 11 is 0. The van der Waals surface area contributed by atoms with Gasteiger partial charge in [0, 0.05) is 65.4 Å². The van der Waals surface area contributed by atoms with E-state index in [1.165, 1.54) is 146 Å². The van der Waals surface area contributed by atoms with Crippen molar-refractivity contribution in [2.24, 2.45) is 35.5 Å². The van der Waals surface area contributed by atoms with E-state index in [4.69, 9.17) is 37.9 Å². The molecule has 4 aliphatic rings. The van der Waals surface area contributed by atoms with Crippen LogP contribution >= 0.6 is 0 Å². The third-order valence-electron chi connectivity index (χ3n) is 26.9.